The van der Waals surface area contributed by atoms with Crippen molar-refractivity contribution in [2.24, 2.45) is 0 Å². The molecule has 0 saturated heterocycles. The molecule has 0 aliphatic carbocycles. The van der Waals surface area contributed by atoms with Crippen LogP contribution in [0.2, 0.25) is 0 Å². The number of carboxylic acid groups (broad SMARTS) is 1. The standard InChI is InChI=1S/C20H25NO4/c1-3-15-11-12-17(21-14-15)10-7-13-25-18(19(24-2)20(22)23)16-8-5-4-6-9-16/h4-6,8-9,11-12,14,18-19H,3,7,10,13H2,1-2H3,(H,22,23). The average Bonchev–Trinajstić information content (AvgIpc) is 2.65. The van der Waals surface area contributed by atoms with Crippen LogP contribution in [-0.4, -0.2) is 35.9 Å². The van der Waals surface area contributed by atoms with E-state index in [2.05, 4.69) is 18.0 Å². The van der Waals surface area contributed by atoms with E-state index in [1.165, 1.54) is 12.7 Å². The zero-order valence-corrected chi connectivity index (χ0v) is 14.7. The molecular formula is C20H25NO4. The highest BCUT2D eigenvalue weighted by atomic mass is 16.5. The maximum absolute atomic E-state index is 11.4. The van der Waals surface area contributed by atoms with Gasteiger partial charge < -0.3 is 14.6 Å². The summed E-state index contributed by atoms with van der Waals surface area (Å²) in [6.45, 7) is 2.53. The number of methoxy groups -OCH3 is 1. The summed E-state index contributed by atoms with van der Waals surface area (Å²) in [4.78, 5) is 15.9. The highest BCUT2D eigenvalue weighted by Gasteiger charge is 2.30. The van der Waals surface area contributed by atoms with Crippen molar-refractivity contribution < 1.29 is 19.4 Å². The van der Waals surface area contributed by atoms with Crippen molar-refractivity contribution in [1.29, 1.82) is 0 Å². The first-order chi connectivity index (χ1) is 12.2. The molecule has 25 heavy (non-hydrogen) atoms. The van der Waals surface area contributed by atoms with Gasteiger partial charge in [-0.25, -0.2) is 4.79 Å². The number of hydrogen-bond donors (Lipinski definition) is 1. The number of aromatic nitrogens is 1. The number of nitrogens with zero attached hydrogens (tertiary/aromatic N) is 1. The first-order valence-electron chi connectivity index (χ1n) is 8.51. The van der Waals surface area contributed by atoms with Gasteiger partial charge in [0.15, 0.2) is 6.10 Å². The SMILES string of the molecule is CCc1ccc(CCCOC(c2ccccc2)C(OC)C(=O)O)nc1. The van der Waals surface area contributed by atoms with Crippen LogP contribution >= 0.6 is 0 Å². The van der Waals surface area contributed by atoms with E-state index in [1.54, 1.807) is 0 Å². The van der Waals surface area contributed by atoms with Crippen molar-refractivity contribution >= 4 is 5.97 Å². The van der Waals surface area contributed by atoms with E-state index >= 15 is 0 Å². The average molecular weight is 343 g/mol. The summed E-state index contributed by atoms with van der Waals surface area (Å²) in [5.74, 6) is -1.03. The molecule has 2 rings (SSSR count). The van der Waals surface area contributed by atoms with Crippen molar-refractivity contribution in [3.8, 4) is 0 Å². The first-order valence-corrected chi connectivity index (χ1v) is 8.51. The third-order valence-electron chi connectivity index (χ3n) is 4.07. The molecule has 2 aromatic rings. The Morgan fingerprint density at radius 2 is 1.96 bits per heavy atom. The highest BCUT2D eigenvalue weighted by molar-refractivity contribution is 5.73. The predicted molar refractivity (Wildman–Crippen MR) is 95.5 cm³/mol. The molecule has 134 valence electrons. The van der Waals surface area contributed by atoms with Crippen molar-refractivity contribution in [2.45, 2.75) is 38.4 Å². The fourth-order valence-corrected chi connectivity index (χ4v) is 2.63. The third-order valence-corrected chi connectivity index (χ3v) is 4.07. The first kappa shape index (κ1) is 19.1. The second-order valence-electron chi connectivity index (χ2n) is 5.81. The van der Waals surface area contributed by atoms with Gasteiger partial charge >= 0.3 is 5.97 Å². The molecule has 0 aliphatic rings. The Bertz CT molecular complexity index is 643. The third kappa shape index (κ3) is 5.66. The van der Waals surface area contributed by atoms with Gasteiger partial charge in [0.2, 0.25) is 0 Å². The lowest BCUT2D eigenvalue weighted by atomic mass is 10.0. The van der Waals surface area contributed by atoms with Crippen LogP contribution in [0, 0.1) is 0 Å². The molecule has 1 aromatic carbocycles. The van der Waals surface area contributed by atoms with Gasteiger partial charge in [-0.2, -0.15) is 0 Å². The summed E-state index contributed by atoms with van der Waals surface area (Å²) in [6.07, 6.45) is 2.74. The Balaban J connectivity index is 1.94. The van der Waals surface area contributed by atoms with Crippen LogP contribution in [0.3, 0.4) is 0 Å². The summed E-state index contributed by atoms with van der Waals surface area (Å²) in [5.41, 5.74) is 3.02. The largest absolute Gasteiger partial charge is 0.479 e. The smallest absolute Gasteiger partial charge is 0.335 e. The van der Waals surface area contributed by atoms with Gasteiger partial charge in [0.25, 0.3) is 0 Å². The minimum Gasteiger partial charge on any atom is -0.479 e. The fraction of sp³-hybridized carbons (Fsp3) is 0.400. The summed E-state index contributed by atoms with van der Waals surface area (Å²) >= 11 is 0. The number of hydrogen-bond acceptors (Lipinski definition) is 4. The number of ether oxygens (including phenoxy) is 2. The lowest BCUT2D eigenvalue weighted by molar-refractivity contribution is -0.159. The van der Waals surface area contributed by atoms with Gasteiger partial charge in [-0.1, -0.05) is 43.3 Å². The number of pyridine rings is 1. The van der Waals surface area contributed by atoms with Crippen LogP contribution in [0.1, 0.15) is 36.3 Å². The molecule has 0 amide bonds. The molecule has 2 atom stereocenters. The normalized spacial score (nSPS) is 13.4. The summed E-state index contributed by atoms with van der Waals surface area (Å²) in [5, 5.41) is 9.37. The minimum absolute atomic E-state index is 0.434. The Kier molecular flexibility index (Phi) is 7.57. The summed E-state index contributed by atoms with van der Waals surface area (Å²) in [6, 6.07) is 13.4. The summed E-state index contributed by atoms with van der Waals surface area (Å²) in [7, 11) is 1.39. The van der Waals surface area contributed by atoms with E-state index in [0.29, 0.717) is 6.61 Å². The maximum atomic E-state index is 11.4. The number of benzene rings is 1. The van der Waals surface area contributed by atoms with Crippen LogP contribution in [0.4, 0.5) is 0 Å². The van der Waals surface area contributed by atoms with Crippen molar-refractivity contribution in [3.05, 3.63) is 65.5 Å². The van der Waals surface area contributed by atoms with Gasteiger partial charge in [0.1, 0.15) is 6.10 Å². The molecule has 0 bridgehead atoms. The molecule has 1 N–H and O–H groups in total. The van der Waals surface area contributed by atoms with Crippen molar-refractivity contribution in [2.75, 3.05) is 13.7 Å². The van der Waals surface area contributed by atoms with Crippen LogP contribution < -0.4 is 0 Å². The number of aliphatic carboxylic acids is 1. The van der Waals surface area contributed by atoms with E-state index < -0.39 is 18.2 Å². The Labute approximate surface area is 148 Å². The Morgan fingerprint density at radius 1 is 1.20 bits per heavy atom. The number of rotatable bonds is 10. The number of aryl methyl sites for hydroxylation is 2. The molecule has 5 nitrogen and oxygen atoms in total. The van der Waals surface area contributed by atoms with Gasteiger partial charge in [0.05, 0.1) is 0 Å². The van der Waals surface area contributed by atoms with Gasteiger partial charge in [0, 0.05) is 25.6 Å². The predicted octanol–water partition coefficient (Wildman–Crippen LogP) is 3.43. The van der Waals surface area contributed by atoms with Crippen LogP contribution in [-0.2, 0) is 27.1 Å². The van der Waals surface area contributed by atoms with E-state index in [4.69, 9.17) is 9.47 Å². The van der Waals surface area contributed by atoms with Crippen LogP contribution in [0.15, 0.2) is 48.7 Å². The molecule has 1 aromatic heterocycles. The molecule has 2 unspecified atom stereocenters. The van der Waals surface area contributed by atoms with E-state index in [9.17, 15) is 9.90 Å². The number of carbonyl (C=O) groups is 1. The van der Waals surface area contributed by atoms with Gasteiger partial charge in [-0.15, -0.1) is 0 Å². The topological polar surface area (TPSA) is 68.7 Å². The second-order valence-corrected chi connectivity index (χ2v) is 5.81. The van der Waals surface area contributed by atoms with Crippen molar-refractivity contribution in [1.82, 2.24) is 4.98 Å². The maximum Gasteiger partial charge on any atom is 0.335 e. The molecule has 0 saturated carbocycles. The van der Waals surface area contributed by atoms with Crippen LogP contribution in [0.5, 0.6) is 0 Å². The Morgan fingerprint density at radius 3 is 2.52 bits per heavy atom. The monoisotopic (exact) mass is 343 g/mol. The lowest BCUT2D eigenvalue weighted by Gasteiger charge is -2.23. The molecule has 0 aliphatic heterocycles. The highest BCUT2D eigenvalue weighted by Crippen LogP contribution is 2.24. The molecule has 0 fully saturated rings. The summed E-state index contributed by atoms with van der Waals surface area (Å²) < 4.78 is 11.0. The zero-order chi connectivity index (χ0) is 18.1. The van der Waals surface area contributed by atoms with Gasteiger partial charge in [-0.3, -0.25) is 4.98 Å². The van der Waals surface area contributed by atoms with Gasteiger partial charge in [-0.05, 0) is 36.5 Å². The minimum atomic E-state index is -1.04. The van der Waals surface area contributed by atoms with E-state index in [1.807, 2.05) is 42.6 Å². The molecule has 0 radical (unpaired) electrons. The molecule has 0 spiro atoms. The second kappa shape index (κ2) is 9.91. The molecule has 5 heteroatoms. The fourth-order valence-electron chi connectivity index (χ4n) is 2.63. The quantitative estimate of drug-likeness (QED) is 0.669. The zero-order valence-electron chi connectivity index (χ0n) is 14.7. The number of carboxylic acids is 1. The Hall–Kier alpha value is -2.24. The molecule has 1 heterocycles. The van der Waals surface area contributed by atoms with E-state index in [-0.39, 0.29) is 0 Å². The molecular weight excluding hydrogens is 318 g/mol. The van der Waals surface area contributed by atoms with Crippen LogP contribution in [0.25, 0.3) is 0 Å². The van der Waals surface area contributed by atoms with E-state index in [0.717, 1.165) is 30.5 Å². The lowest BCUT2D eigenvalue weighted by Crippen LogP contribution is -2.32. The van der Waals surface area contributed by atoms with Crippen molar-refractivity contribution in [3.63, 3.8) is 0 Å².